The van der Waals surface area contributed by atoms with Gasteiger partial charge in [0.25, 0.3) is 5.91 Å². The van der Waals surface area contributed by atoms with E-state index in [0.717, 1.165) is 32.5 Å². The fourth-order valence-electron chi connectivity index (χ4n) is 3.40. The van der Waals surface area contributed by atoms with Crippen LogP contribution < -0.4 is 15.5 Å². The van der Waals surface area contributed by atoms with Crippen LogP contribution in [-0.2, 0) is 9.53 Å². The van der Waals surface area contributed by atoms with Crippen molar-refractivity contribution in [3.63, 3.8) is 0 Å². The van der Waals surface area contributed by atoms with Gasteiger partial charge in [0, 0.05) is 32.9 Å². The highest BCUT2D eigenvalue weighted by molar-refractivity contribution is 6.13. The van der Waals surface area contributed by atoms with E-state index in [2.05, 4.69) is 32.1 Å². The summed E-state index contributed by atoms with van der Waals surface area (Å²) in [6, 6.07) is 1.28. The lowest BCUT2D eigenvalue weighted by Gasteiger charge is -2.32. The molecular weight excluding hydrogens is 384 g/mol. The number of amides is 3. The molecule has 2 fully saturated rings. The highest BCUT2D eigenvalue weighted by atomic mass is 16.5. The van der Waals surface area contributed by atoms with Crippen molar-refractivity contribution in [1.82, 2.24) is 25.5 Å². The van der Waals surface area contributed by atoms with Crippen LogP contribution in [0.1, 0.15) is 39.3 Å². The molecular formula is C21H30N6O3. The van der Waals surface area contributed by atoms with E-state index in [4.69, 9.17) is 4.74 Å². The minimum atomic E-state index is -0.438. The Morgan fingerprint density at radius 2 is 2.07 bits per heavy atom. The van der Waals surface area contributed by atoms with Crippen molar-refractivity contribution < 1.29 is 14.3 Å². The Labute approximate surface area is 177 Å². The lowest BCUT2D eigenvalue weighted by molar-refractivity contribution is -0.115. The summed E-state index contributed by atoms with van der Waals surface area (Å²) >= 11 is 0. The second-order valence-corrected chi connectivity index (χ2v) is 8.58. The number of carbonyl (C=O) groups excluding carboxylic acids is 2. The van der Waals surface area contributed by atoms with Crippen LogP contribution in [0, 0.1) is 5.92 Å². The van der Waals surface area contributed by atoms with Gasteiger partial charge in [-0.2, -0.15) is 0 Å². The Bertz CT molecular complexity index is 853. The molecule has 2 aliphatic rings. The molecule has 0 aliphatic carbocycles. The summed E-state index contributed by atoms with van der Waals surface area (Å²) in [5.74, 6) is 1.33. The van der Waals surface area contributed by atoms with E-state index in [1.807, 2.05) is 20.8 Å². The summed E-state index contributed by atoms with van der Waals surface area (Å²) in [5, 5.41) is 5.54. The predicted molar refractivity (Wildman–Crippen MR) is 114 cm³/mol. The van der Waals surface area contributed by atoms with E-state index in [1.165, 1.54) is 4.90 Å². The molecule has 0 aromatic carbocycles. The van der Waals surface area contributed by atoms with Gasteiger partial charge in [-0.3, -0.25) is 15.0 Å². The Kier molecular flexibility index (Phi) is 6.28. The SMILES string of the molecule is C=C(NCC1CCN(c2nccc(/C=C3/C(=O)NC(=O)N3C)n2)CC1)OC(C)(C)C. The molecule has 0 spiro atoms. The molecule has 9 heteroatoms. The normalized spacial score (nSPS) is 19.3. The van der Waals surface area contributed by atoms with Gasteiger partial charge in [0.05, 0.1) is 5.69 Å². The van der Waals surface area contributed by atoms with Crippen LogP contribution in [0.5, 0.6) is 0 Å². The van der Waals surface area contributed by atoms with Crippen molar-refractivity contribution in [2.24, 2.45) is 5.92 Å². The number of likely N-dealkylation sites (N-methyl/N-ethyl adjacent to an activating group) is 1. The van der Waals surface area contributed by atoms with Crippen LogP contribution in [0.25, 0.3) is 6.08 Å². The number of rotatable bonds is 6. The van der Waals surface area contributed by atoms with E-state index in [0.29, 0.717) is 23.4 Å². The number of imide groups is 1. The van der Waals surface area contributed by atoms with Crippen molar-refractivity contribution in [3.05, 3.63) is 36.1 Å². The highest BCUT2D eigenvalue weighted by Gasteiger charge is 2.30. The number of piperidine rings is 1. The standard InChI is InChI=1S/C21H30N6O3/c1-14(30-21(2,3)4)23-13-15-7-10-27(11-8-15)19-22-9-6-16(24-19)12-17-18(28)25-20(29)26(17)5/h6,9,12,15,23H,1,7-8,10-11,13H2,2-5H3,(H,25,28,29)/b17-12-. The summed E-state index contributed by atoms with van der Waals surface area (Å²) in [6.07, 6.45) is 5.28. The second kappa shape index (κ2) is 8.73. The molecule has 2 saturated heterocycles. The first-order valence-corrected chi connectivity index (χ1v) is 10.1. The zero-order valence-corrected chi connectivity index (χ0v) is 18.1. The molecule has 2 aliphatic heterocycles. The van der Waals surface area contributed by atoms with Gasteiger partial charge in [-0.1, -0.05) is 0 Å². The van der Waals surface area contributed by atoms with E-state index in [-0.39, 0.29) is 11.3 Å². The summed E-state index contributed by atoms with van der Waals surface area (Å²) in [4.78, 5) is 35.8. The third kappa shape index (κ3) is 5.49. The lowest BCUT2D eigenvalue weighted by Crippen LogP contribution is -2.38. The van der Waals surface area contributed by atoms with Crippen molar-refractivity contribution in [2.75, 3.05) is 31.6 Å². The number of nitrogens with one attached hydrogen (secondary N) is 2. The number of aromatic nitrogens is 2. The number of carbonyl (C=O) groups is 2. The molecule has 0 bridgehead atoms. The van der Waals surface area contributed by atoms with Crippen LogP contribution >= 0.6 is 0 Å². The average Bonchev–Trinajstić information content (AvgIpc) is 2.92. The lowest BCUT2D eigenvalue weighted by atomic mass is 9.97. The number of ether oxygens (including phenoxy) is 1. The molecule has 3 rings (SSSR count). The van der Waals surface area contributed by atoms with Gasteiger partial charge in [0.2, 0.25) is 5.95 Å². The first-order chi connectivity index (χ1) is 14.1. The Morgan fingerprint density at radius 3 is 2.67 bits per heavy atom. The first kappa shape index (κ1) is 21.6. The van der Waals surface area contributed by atoms with Gasteiger partial charge in [-0.15, -0.1) is 0 Å². The summed E-state index contributed by atoms with van der Waals surface area (Å²) in [6.45, 7) is 12.4. The van der Waals surface area contributed by atoms with Crippen molar-refractivity contribution in [1.29, 1.82) is 0 Å². The molecule has 3 heterocycles. The highest BCUT2D eigenvalue weighted by Crippen LogP contribution is 2.22. The Hall–Kier alpha value is -3.10. The molecule has 1 aromatic rings. The van der Waals surface area contributed by atoms with Crippen LogP contribution in [0.2, 0.25) is 0 Å². The molecule has 162 valence electrons. The fourth-order valence-corrected chi connectivity index (χ4v) is 3.40. The number of hydrogen-bond donors (Lipinski definition) is 2. The molecule has 9 nitrogen and oxygen atoms in total. The van der Waals surface area contributed by atoms with Gasteiger partial charge >= 0.3 is 6.03 Å². The Morgan fingerprint density at radius 1 is 1.37 bits per heavy atom. The molecule has 2 N–H and O–H groups in total. The fraction of sp³-hybridized carbons (Fsp3) is 0.524. The summed E-state index contributed by atoms with van der Waals surface area (Å²) < 4.78 is 5.71. The number of hydrogen-bond acceptors (Lipinski definition) is 7. The second-order valence-electron chi connectivity index (χ2n) is 8.58. The molecule has 1 aromatic heterocycles. The van der Waals surface area contributed by atoms with Crippen LogP contribution in [-0.4, -0.2) is 59.1 Å². The van der Waals surface area contributed by atoms with Gasteiger partial charge in [-0.25, -0.2) is 14.8 Å². The van der Waals surface area contributed by atoms with Crippen LogP contribution in [0.3, 0.4) is 0 Å². The zero-order chi connectivity index (χ0) is 21.9. The van der Waals surface area contributed by atoms with E-state index in [9.17, 15) is 9.59 Å². The molecule has 3 amide bonds. The monoisotopic (exact) mass is 414 g/mol. The number of urea groups is 1. The minimum Gasteiger partial charge on any atom is -0.474 e. The van der Waals surface area contributed by atoms with Crippen molar-refractivity contribution in [3.8, 4) is 0 Å². The molecule has 0 saturated carbocycles. The number of nitrogens with zero attached hydrogens (tertiary/aromatic N) is 4. The third-order valence-electron chi connectivity index (χ3n) is 4.98. The topological polar surface area (TPSA) is 99.7 Å². The average molecular weight is 415 g/mol. The van der Waals surface area contributed by atoms with Crippen LogP contribution in [0.4, 0.5) is 10.7 Å². The van der Waals surface area contributed by atoms with Gasteiger partial charge in [0.1, 0.15) is 11.3 Å². The molecule has 30 heavy (non-hydrogen) atoms. The van der Waals surface area contributed by atoms with Gasteiger partial charge in [0.15, 0.2) is 5.88 Å². The summed E-state index contributed by atoms with van der Waals surface area (Å²) in [5.41, 5.74) is 0.602. The maximum absolute atomic E-state index is 11.9. The van der Waals surface area contributed by atoms with Gasteiger partial charge in [-0.05, 0) is 58.3 Å². The molecule has 0 unspecified atom stereocenters. The zero-order valence-electron chi connectivity index (χ0n) is 18.1. The minimum absolute atomic E-state index is 0.258. The quantitative estimate of drug-likeness (QED) is 0.418. The van der Waals surface area contributed by atoms with Crippen molar-refractivity contribution in [2.45, 2.75) is 39.2 Å². The van der Waals surface area contributed by atoms with E-state index < -0.39 is 11.9 Å². The maximum Gasteiger partial charge on any atom is 0.328 e. The van der Waals surface area contributed by atoms with Crippen molar-refractivity contribution >= 4 is 24.0 Å². The number of anilines is 1. The first-order valence-electron chi connectivity index (χ1n) is 10.1. The van der Waals surface area contributed by atoms with Crippen LogP contribution in [0.15, 0.2) is 30.4 Å². The van der Waals surface area contributed by atoms with E-state index in [1.54, 1.807) is 25.4 Å². The summed E-state index contributed by atoms with van der Waals surface area (Å²) in [7, 11) is 1.55. The largest absolute Gasteiger partial charge is 0.474 e. The predicted octanol–water partition coefficient (Wildman–Crippen LogP) is 2.09. The third-order valence-corrected chi connectivity index (χ3v) is 4.98. The smallest absolute Gasteiger partial charge is 0.328 e. The molecule has 0 radical (unpaired) electrons. The maximum atomic E-state index is 11.9. The Balaban J connectivity index is 1.55. The van der Waals surface area contributed by atoms with Gasteiger partial charge < -0.3 is 15.0 Å². The molecule has 0 atom stereocenters. The van der Waals surface area contributed by atoms with E-state index >= 15 is 0 Å².